The number of aromatic hydroxyl groups is 2. The molecule has 178 valence electrons. The van der Waals surface area contributed by atoms with Gasteiger partial charge in [-0.3, -0.25) is 9.59 Å². The summed E-state index contributed by atoms with van der Waals surface area (Å²) in [6, 6.07) is 5.66. The average Bonchev–Trinajstić information content (AvgIpc) is 2.73. The number of fused-ring (bicyclic) bond motifs is 2. The molecule has 3 rings (SSSR count). The fourth-order valence-electron chi connectivity index (χ4n) is 3.83. The van der Waals surface area contributed by atoms with E-state index in [2.05, 4.69) is 21.1 Å². The number of carbonyl (C=O) groups is 2. The van der Waals surface area contributed by atoms with Gasteiger partial charge in [0.25, 0.3) is 0 Å². The minimum Gasteiger partial charge on any atom is -0.507 e. The van der Waals surface area contributed by atoms with Crippen LogP contribution in [0.5, 0.6) is 23.0 Å². The Morgan fingerprint density at radius 3 is 1.64 bits per heavy atom. The summed E-state index contributed by atoms with van der Waals surface area (Å²) in [5.74, 6) is -1.35. The lowest BCUT2D eigenvalue weighted by molar-refractivity contribution is -0.870. The number of ketones is 2. The molecule has 8 nitrogen and oxygen atoms in total. The summed E-state index contributed by atoms with van der Waals surface area (Å²) < 4.78 is 12.4. The molecule has 2 N–H and O–H groups in total. The Labute approximate surface area is 194 Å². The summed E-state index contributed by atoms with van der Waals surface area (Å²) in [4.78, 5) is 28.9. The van der Waals surface area contributed by atoms with Crippen LogP contribution in [0.3, 0.4) is 0 Å². The molecule has 0 aliphatic heterocycles. The molecule has 0 spiro atoms. The molecule has 0 unspecified atom stereocenters. The van der Waals surface area contributed by atoms with Crippen LogP contribution in [0.4, 0.5) is 0 Å². The molecular formula is C25H33N2O6+. The lowest BCUT2D eigenvalue weighted by Crippen LogP contribution is -2.36. The predicted octanol–water partition coefficient (Wildman–Crippen LogP) is 2.68. The first-order valence-electron chi connectivity index (χ1n) is 11.0. The van der Waals surface area contributed by atoms with Gasteiger partial charge in [0, 0.05) is 13.0 Å². The standard InChI is InChI=1S/C25H32N2O6/c1-26(2)12-6-14-32-18-10-8-16(28)20-22(18)24(30)21-17(29)9-11-19(23(21)25(20)31)33-15-7-13-27(3,4)5/h8-11H,6-7,12-15H2,1-5H3,(H-,28,29,30,31)/p+1. The van der Waals surface area contributed by atoms with Crippen molar-refractivity contribution in [2.45, 2.75) is 12.8 Å². The quantitative estimate of drug-likeness (QED) is 0.357. The van der Waals surface area contributed by atoms with Gasteiger partial charge in [-0.25, -0.2) is 0 Å². The van der Waals surface area contributed by atoms with Crippen molar-refractivity contribution in [1.29, 1.82) is 0 Å². The highest BCUT2D eigenvalue weighted by Gasteiger charge is 2.39. The maximum Gasteiger partial charge on any atom is 0.202 e. The number of phenols is 2. The van der Waals surface area contributed by atoms with E-state index < -0.39 is 11.6 Å². The lowest BCUT2D eigenvalue weighted by Gasteiger charge is -2.25. The van der Waals surface area contributed by atoms with E-state index in [1.54, 1.807) is 0 Å². The van der Waals surface area contributed by atoms with Crippen LogP contribution in [0.15, 0.2) is 24.3 Å². The number of quaternary nitrogens is 1. The Hall–Kier alpha value is -3.10. The smallest absolute Gasteiger partial charge is 0.202 e. The van der Waals surface area contributed by atoms with Crippen molar-refractivity contribution < 1.29 is 33.8 Å². The first-order valence-corrected chi connectivity index (χ1v) is 11.0. The van der Waals surface area contributed by atoms with Crippen LogP contribution in [-0.4, -0.2) is 92.7 Å². The van der Waals surface area contributed by atoms with Gasteiger partial charge in [0.2, 0.25) is 11.6 Å². The SMILES string of the molecule is CN(C)CCCOc1ccc(O)c2c1C(=O)c1c(O)ccc(OCCC[N+](C)(C)C)c1C2=O. The molecule has 8 heteroatoms. The number of ether oxygens (including phenoxy) is 2. The summed E-state index contributed by atoms with van der Waals surface area (Å²) in [5, 5.41) is 20.9. The third kappa shape index (κ3) is 5.46. The molecule has 0 saturated heterocycles. The zero-order chi connectivity index (χ0) is 24.3. The first-order chi connectivity index (χ1) is 15.5. The molecule has 0 amide bonds. The van der Waals surface area contributed by atoms with E-state index >= 15 is 0 Å². The van der Waals surface area contributed by atoms with Crippen LogP contribution >= 0.6 is 0 Å². The lowest BCUT2D eigenvalue weighted by atomic mass is 9.82. The fourth-order valence-corrected chi connectivity index (χ4v) is 3.83. The van der Waals surface area contributed by atoms with Gasteiger partial charge >= 0.3 is 0 Å². The van der Waals surface area contributed by atoms with E-state index in [0.717, 1.165) is 30.4 Å². The Kier molecular flexibility index (Phi) is 7.29. The summed E-state index contributed by atoms with van der Waals surface area (Å²) in [7, 11) is 10.1. The molecule has 2 aromatic rings. The third-order valence-electron chi connectivity index (χ3n) is 5.44. The molecule has 0 bridgehead atoms. The molecule has 2 aromatic carbocycles. The number of benzene rings is 2. The van der Waals surface area contributed by atoms with Gasteiger partial charge < -0.3 is 29.1 Å². The molecule has 0 saturated carbocycles. The van der Waals surface area contributed by atoms with Crippen molar-refractivity contribution in [3.05, 3.63) is 46.5 Å². The summed E-state index contributed by atoms with van der Waals surface area (Å²) in [6.45, 7) is 2.35. The van der Waals surface area contributed by atoms with Crippen molar-refractivity contribution in [3.63, 3.8) is 0 Å². The van der Waals surface area contributed by atoms with E-state index in [0.29, 0.717) is 13.2 Å². The highest BCUT2D eigenvalue weighted by Crippen LogP contribution is 2.43. The van der Waals surface area contributed by atoms with Crippen molar-refractivity contribution >= 4 is 11.6 Å². The molecule has 1 aliphatic rings. The minimum atomic E-state index is -0.576. The summed E-state index contributed by atoms with van der Waals surface area (Å²) in [6.07, 6.45) is 1.46. The molecule has 0 heterocycles. The van der Waals surface area contributed by atoms with Crippen molar-refractivity contribution in [1.82, 2.24) is 4.90 Å². The van der Waals surface area contributed by atoms with Crippen molar-refractivity contribution in [2.75, 3.05) is 61.5 Å². The second-order valence-electron chi connectivity index (χ2n) is 9.55. The molecule has 0 aromatic heterocycles. The normalized spacial score (nSPS) is 13.2. The molecule has 0 radical (unpaired) electrons. The van der Waals surface area contributed by atoms with Crippen LogP contribution in [0.1, 0.15) is 44.7 Å². The van der Waals surface area contributed by atoms with E-state index in [-0.39, 0.29) is 45.3 Å². The molecule has 0 atom stereocenters. The van der Waals surface area contributed by atoms with Gasteiger partial charge in [0.1, 0.15) is 23.0 Å². The van der Waals surface area contributed by atoms with E-state index in [4.69, 9.17) is 9.47 Å². The zero-order valence-corrected chi connectivity index (χ0v) is 20.0. The molecule has 0 fully saturated rings. The maximum atomic E-state index is 13.4. The molecule has 33 heavy (non-hydrogen) atoms. The third-order valence-corrected chi connectivity index (χ3v) is 5.44. The molecular weight excluding hydrogens is 424 g/mol. The van der Waals surface area contributed by atoms with Gasteiger partial charge in [-0.2, -0.15) is 0 Å². The Bertz CT molecular complexity index is 1060. The Morgan fingerprint density at radius 2 is 1.21 bits per heavy atom. The number of nitrogens with zero attached hydrogens (tertiary/aromatic N) is 2. The highest BCUT2D eigenvalue weighted by molar-refractivity contribution is 6.32. The predicted molar refractivity (Wildman–Crippen MR) is 125 cm³/mol. The van der Waals surface area contributed by atoms with E-state index in [1.165, 1.54) is 24.3 Å². The van der Waals surface area contributed by atoms with Gasteiger partial charge in [-0.15, -0.1) is 0 Å². The zero-order valence-electron chi connectivity index (χ0n) is 20.0. The maximum absolute atomic E-state index is 13.4. The van der Waals surface area contributed by atoms with Gasteiger partial charge in [0.15, 0.2) is 0 Å². The number of phenolic OH excluding ortho intramolecular Hbond substituents is 2. The number of hydrogen-bond acceptors (Lipinski definition) is 7. The topological polar surface area (TPSA) is 96.3 Å². The molecule has 1 aliphatic carbocycles. The number of carbonyl (C=O) groups excluding carboxylic acids is 2. The van der Waals surface area contributed by atoms with Crippen LogP contribution in [0, 0.1) is 0 Å². The Morgan fingerprint density at radius 1 is 0.758 bits per heavy atom. The van der Waals surface area contributed by atoms with Crippen molar-refractivity contribution in [3.8, 4) is 23.0 Å². The number of hydrogen-bond donors (Lipinski definition) is 2. The monoisotopic (exact) mass is 457 g/mol. The second kappa shape index (κ2) is 9.80. The van der Waals surface area contributed by atoms with Crippen molar-refractivity contribution in [2.24, 2.45) is 0 Å². The average molecular weight is 458 g/mol. The van der Waals surface area contributed by atoms with Crippen LogP contribution in [0.2, 0.25) is 0 Å². The van der Waals surface area contributed by atoms with Gasteiger partial charge in [-0.05, 0) is 44.8 Å². The van der Waals surface area contributed by atoms with Crippen LogP contribution in [-0.2, 0) is 0 Å². The summed E-state index contributed by atoms with van der Waals surface area (Å²) >= 11 is 0. The van der Waals surface area contributed by atoms with Crippen LogP contribution < -0.4 is 9.47 Å². The fraction of sp³-hybridized carbons (Fsp3) is 0.440. The van der Waals surface area contributed by atoms with E-state index in [1.807, 2.05) is 19.0 Å². The van der Waals surface area contributed by atoms with E-state index in [9.17, 15) is 19.8 Å². The Balaban J connectivity index is 1.94. The first kappa shape index (κ1) is 24.5. The summed E-state index contributed by atoms with van der Waals surface area (Å²) in [5.41, 5.74) is -0.313. The largest absolute Gasteiger partial charge is 0.507 e. The van der Waals surface area contributed by atoms with Gasteiger partial charge in [-0.1, -0.05) is 0 Å². The second-order valence-corrected chi connectivity index (χ2v) is 9.55. The highest BCUT2D eigenvalue weighted by atomic mass is 16.5. The minimum absolute atomic E-state index is 0.0298. The van der Waals surface area contributed by atoms with Gasteiger partial charge in [0.05, 0.1) is 63.2 Å². The number of rotatable bonds is 10. The van der Waals surface area contributed by atoms with Crippen LogP contribution in [0.25, 0.3) is 0 Å².